The average Bonchev–Trinajstić information content (AvgIpc) is 3.49. The SMILES string of the molecule is FCCCN1CC[C@H](Oc2ccc(C3=C(Br)CCCc4cc(-c5cn[nH]c5)ccc43)cc2)C1. The van der Waals surface area contributed by atoms with Gasteiger partial charge in [-0.2, -0.15) is 5.10 Å². The molecule has 0 bridgehead atoms. The van der Waals surface area contributed by atoms with Crippen LogP contribution in [-0.4, -0.2) is 47.5 Å². The fourth-order valence-corrected chi connectivity index (χ4v) is 5.65. The van der Waals surface area contributed by atoms with Gasteiger partial charge in [-0.15, -0.1) is 0 Å². The molecule has 2 aromatic carbocycles. The number of nitrogens with one attached hydrogen (secondary N) is 1. The predicted octanol–water partition coefficient (Wildman–Crippen LogP) is 6.38. The smallest absolute Gasteiger partial charge is 0.119 e. The van der Waals surface area contributed by atoms with Gasteiger partial charge in [0.15, 0.2) is 0 Å². The molecule has 0 spiro atoms. The van der Waals surface area contributed by atoms with Gasteiger partial charge in [0.05, 0.1) is 12.9 Å². The van der Waals surface area contributed by atoms with Gasteiger partial charge < -0.3 is 4.74 Å². The number of likely N-dealkylation sites (tertiary alicyclic amines) is 1. The van der Waals surface area contributed by atoms with Crippen LogP contribution in [0.1, 0.15) is 42.4 Å². The largest absolute Gasteiger partial charge is 0.489 e. The van der Waals surface area contributed by atoms with Crippen LogP contribution in [0.2, 0.25) is 0 Å². The van der Waals surface area contributed by atoms with E-state index < -0.39 is 0 Å². The van der Waals surface area contributed by atoms with Gasteiger partial charge in [0.2, 0.25) is 0 Å². The summed E-state index contributed by atoms with van der Waals surface area (Å²) < 4.78 is 19.9. The molecular weight excluding hydrogens is 481 g/mol. The van der Waals surface area contributed by atoms with E-state index in [-0.39, 0.29) is 12.8 Å². The van der Waals surface area contributed by atoms with Crippen molar-refractivity contribution in [1.82, 2.24) is 15.1 Å². The minimum absolute atomic E-state index is 0.182. The third-order valence-electron chi connectivity index (χ3n) is 6.60. The molecule has 1 aliphatic heterocycles. The van der Waals surface area contributed by atoms with Crippen LogP contribution in [0.25, 0.3) is 16.7 Å². The van der Waals surface area contributed by atoms with Gasteiger partial charge in [-0.25, -0.2) is 0 Å². The lowest BCUT2D eigenvalue weighted by Crippen LogP contribution is -2.26. The lowest BCUT2D eigenvalue weighted by Gasteiger charge is -2.17. The first-order valence-electron chi connectivity index (χ1n) is 11.8. The second-order valence-electron chi connectivity index (χ2n) is 8.89. The Morgan fingerprint density at radius 3 is 2.73 bits per heavy atom. The molecule has 4 nitrogen and oxygen atoms in total. The highest BCUT2D eigenvalue weighted by atomic mass is 79.9. The summed E-state index contributed by atoms with van der Waals surface area (Å²) in [5, 5.41) is 7.00. The maximum atomic E-state index is 12.4. The number of allylic oxidation sites excluding steroid dienone is 1. The van der Waals surface area contributed by atoms with Crippen molar-refractivity contribution in [3.63, 3.8) is 0 Å². The van der Waals surface area contributed by atoms with E-state index in [0.29, 0.717) is 6.42 Å². The molecule has 6 heteroatoms. The summed E-state index contributed by atoms with van der Waals surface area (Å²) in [6, 6.07) is 15.2. The molecule has 3 aromatic rings. The molecule has 1 atom stereocenters. The van der Waals surface area contributed by atoms with E-state index >= 15 is 0 Å². The van der Waals surface area contributed by atoms with Crippen molar-refractivity contribution in [2.75, 3.05) is 26.3 Å². The number of benzene rings is 2. The van der Waals surface area contributed by atoms with Crippen molar-refractivity contribution >= 4 is 21.5 Å². The lowest BCUT2D eigenvalue weighted by molar-refractivity contribution is 0.198. The molecule has 2 aliphatic rings. The summed E-state index contributed by atoms with van der Waals surface area (Å²) in [6.45, 7) is 2.44. The number of rotatable bonds is 7. The minimum atomic E-state index is -0.247. The normalized spacial score (nSPS) is 18.9. The van der Waals surface area contributed by atoms with Crippen LogP contribution in [0.15, 0.2) is 59.3 Å². The number of hydrogen-bond acceptors (Lipinski definition) is 3. The maximum Gasteiger partial charge on any atom is 0.119 e. The van der Waals surface area contributed by atoms with Crippen LogP contribution >= 0.6 is 15.9 Å². The van der Waals surface area contributed by atoms with E-state index in [9.17, 15) is 4.39 Å². The lowest BCUT2D eigenvalue weighted by atomic mass is 9.91. The Bertz CT molecular complexity index is 1110. The number of fused-ring (bicyclic) bond motifs is 1. The van der Waals surface area contributed by atoms with E-state index in [1.165, 1.54) is 32.3 Å². The van der Waals surface area contributed by atoms with Crippen LogP contribution in [0, 0.1) is 0 Å². The number of ether oxygens (including phenoxy) is 1. The van der Waals surface area contributed by atoms with Crippen molar-refractivity contribution in [2.24, 2.45) is 0 Å². The molecule has 1 fully saturated rings. The fraction of sp³-hybridized carbons (Fsp3) is 0.370. The van der Waals surface area contributed by atoms with Gasteiger partial charge in [0, 0.05) is 35.9 Å². The second-order valence-corrected chi connectivity index (χ2v) is 9.85. The Hall–Kier alpha value is -2.44. The summed E-state index contributed by atoms with van der Waals surface area (Å²) in [5.74, 6) is 0.900. The Balaban J connectivity index is 1.35. The van der Waals surface area contributed by atoms with Crippen molar-refractivity contribution < 1.29 is 9.13 Å². The molecular formula is C27H29BrFN3O. The number of nitrogens with zero attached hydrogens (tertiary/aromatic N) is 2. The van der Waals surface area contributed by atoms with Crippen LogP contribution in [0.5, 0.6) is 5.75 Å². The van der Waals surface area contributed by atoms with E-state index in [2.05, 4.69) is 73.5 Å². The number of aromatic nitrogens is 2. The van der Waals surface area contributed by atoms with E-state index in [4.69, 9.17) is 4.74 Å². The zero-order valence-electron chi connectivity index (χ0n) is 18.7. The van der Waals surface area contributed by atoms with Crippen LogP contribution < -0.4 is 4.74 Å². The second kappa shape index (κ2) is 10.2. The first-order valence-corrected chi connectivity index (χ1v) is 12.6. The molecule has 1 N–H and O–H groups in total. The van der Waals surface area contributed by atoms with Gasteiger partial charge in [-0.3, -0.25) is 14.4 Å². The van der Waals surface area contributed by atoms with Crippen molar-refractivity contribution in [1.29, 1.82) is 0 Å². The van der Waals surface area contributed by atoms with E-state index in [0.717, 1.165) is 56.6 Å². The monoisotopic (exact) mass is 509 g/mol. The molecule has 2 heterocycles. The number of alkyl halides is 1. The zero-order chi connectivity index (χ0) is 22.6. The first-order chi connectivity index (χ1) is 16.2. The maximum absolute atomic E-state index is 12.4. The Kier molecular flexibility index (Phi) is 6.93. The van der Waals surface area contributed by atoms with E-state index in [1.807, 2.05) is 12.4 Å². The molecule has 172 valence electrons. The third-order valence-corrected chi connectivity index (χ3v) is 7.40. The van der Waals surface area contributed by atoms with Crippen LogP contribution in [0.4, 0.5) is 4.39 Å². The summed E-state index contributed by atoms with van der Waals surface area (Å²) in [7, 11) is 0. The van der Waals surface area contributed by atoms with Gasteiger partial charge in [0.1, 0.15) is 11.9 Å². The Morgan fingerprint density at radius 1 is 1.09 bits per heavy atom. The summed E-state index contributed by atoms with van der Waals surface area (Å²) in [5.41, 5.74) is 7.44. The third kappa shape index (κ3) is 5.07. The van der Waals surface area contributed by atoms with Gasteiger partial charge >= 0.3 is 0 Å². The average molecular weight is 510 g/mol. The van der Waals surface area contributed by atoms with Crippen molar-refractivity contribution in [3.8, 4) is 16.9 Å². The zero-order valence-corrected chi connectivity index (χ0v) is 20.3. The summed E-state index contributed by atoms with van der Waals surface area (Å²) >= 11 is 3.89. The Labute approximate surface area is 203 Å². The van der Waals surface area contributed by atoms with Crippen LogP contribution in [-0.2, 0) is 6.42 Å². The molecule has 0 saturated carbocycles. The summed E-state index contributed by atoms with van der Waals surface area (Å²) in [4.78, 5) is 2.29. The number of aromatic amines is 1. The molecule has 1 aliphatic carbocycles. The molecule has 0 amide bonds. The number of aryl methyl sites for hydroxylation is 1. The highest BCUT2D eigenvalue weighted by Gasteiger charge is 2.24. The van der Waals surface area contributed by atoms with Crippen molar-refractivity contribution in [2.45, 2.75) is 38.2 Å². The van der Waals surface area contributed by atoms with Gasteiger partial charge in [0.25, 0.3) is 0 Å². The highest BCUT2D eigenvalue weighted by Crippen LogP contribution is 2.39. The molecule has 33 heavy (non-hydrogen) atoms. The number of H-pyrrole nitrogens is 1. The molecule has 1 aromatic heterocycles. The van der Waals surface area contributed by atoms with E-state index in [1.54, 1.807) is 0 Å². The molecule has 5 rings (SSSR count). The van der Waals surface area contributed by atoms with Crippen molar-refractivity contribution in [3.05, 3.63) is 76.0 Å². The summed E-state index contributed by atoms with van der Waals surface area (Å²) in [6.07, 6.45) is 8.80. The number of halogens is 2. The van der Waals surface area contributed by atoms with Gasteiger partial charge in [-0.1, -0.05) is 46.3 Å². The predicted molar refractivity (Wildman–Crippen MR) is 134 cm³/mol. The highest BCUT2D eigenvalue weighted by molar-refractivity contribution is 9.11. The molecule has 1 saturated heterocycles. The van der Waals surface area contributed by atoms with Gasteiger partial charge in [-0.05, 0) is 72.1 Å². The molecule has 0 unspecified atom stereocenters. The minimum Gasteiger partial charge on any atom is -0.489 e. The van der Waals surface area contributed by atoms with Crippen LogP contribution in [0.3, 0.4) is 0 Å². The standard InChI is InChI=1S/C27H29BrFN3O/c28-26-4-1-3-21-15-20(22-16-30-31-17-22)7-10-25(21)27(26)19-5-8-23(9-6-19)33-24-11-14-32(18-24)13-2-12-29/h5-10,15-17,24H,1-4,11-14,18H2,(H,30,31)/t24-/m0/s1. The number of hydrogen-bond donors (Lipinski definition) is 1. The Morgan fingerprint density at radius 2 is 1.94 bits per heavy atom. The topological polar surface area (TPSA) is 41.1 Å². The molecule has 0 radical (unpaired) electrons. The fourth-order valence-electron chi connectivity index (χ4n) is 4.92. The first kappa shape index (κ1) is 22.4. The quantitative estimate of drug-likeness (QED) is 0.401.